The van der Waals surface area contributed by atoms with Gasteiger partial charge in [0.05, 0.1) is 33.0 Å². The third kappa shape index (κ3) is 6.31. The number of carbonyl (C=O) groups is 2. The molecule has 8 nitrogen and oxygen atoms in total. The van der Waals surface area contributed by atoms with Gasteiger partial charge in [-0.2, -0.15) is 0 Å². The van der Waals surface area contributed by atoms with E-state index in [9.17, 15) is 9.59 Å². The normalized spacial score (nSPS) is 10.3. The van der Waals surface area contributed by atoms with Crippen molar-refractivity contribution in [3.05, 3.63) is 42.0 Å². The standard InChI is InChI=1S/C21H25NO7/c1-13(2)29-18-7-6-14(8-19(18)27-5)21(24)28-12-20(23)22-15-9-16(25-3)11-17(10-15)26-4/h6-11,13H,12H2,1-5H3,(H,22,23). The summed E-state index contributed by atoms with van der Waals surface area (Å²) in [5.74, 6) is 0.808. The van der Waals surface area contributed by atoms with Crippen molar-refractivity contribution in [2.75, 3.05) is 33.3 Å². The van der Waals surface area contributed by atoms with Crippen molar-refractivity contribution in [1.29, 1.82) is 0 Å². The Kier molecular flexibility index (Phi) is 7.70. The van der Waals surface area contributed by atoms with Crippen LogP contribution in [0.2, 0.25) is 0 Å². The summed E-state index contributed by atoms with van der Waals surface area (Å²) in [6.07, 6.45) is -0.0411. The van der Waals surface area contributed by atoms with Crippen LogP contribution < -0.4 is 24.3 Å². The zero-order valence-electron chi connectivity index (χ0n) is 17.1. The van der Waals surface area contributed by atoms with E-state index < -0.39 is 18.5 Å². The fraction of sp³-hybridized carbons (Fsp3) is 0.333. The number of nitrogens with one attached hydrogen (secondary N) is 1. The zero-order valence-corrected chi connectivity index (χ0v) is 17.1. The first-order valence-electron chi connectivity index (χ1n) is 8.91. The number of esters is 1. The number of methoxy groups -OCH3 is 3. The first-order chi connectivity index (χ1) is 13.9. The lowest BCUT2D eigenvalue weighted by Crippen LogP contribution is -2.21. The van der Waals surface area contributed by atoms with Gasteiger partial charge in [0.1, 0.15) is 11.5 Å². The van der Waals surface area contributed by atoms with Crippen LogP contribution in [-0.4, -0.2) is 45.9 Å². The van der Waals surface area contributed by atoms with Crippen LogP contribution in [0, 0.1) is 0 Å². The number of anilines is 1. The molecule has 0 bridgehead atoms. The fourth-order valence-corrected chi connectivity index (χ4v) is 2.44. The molecule has 2 rings (SSSR count). The second kappa shape index (κ2) is 10.2. The number of hydrogen-bond acceptors (Lipinski definition) is 7. The third-order valence-corrected chi connectivity index (χ3v) is 3.73. The molecule has 0 aromatic heterocycles. The van der Waals surface area contributed by atoms with E-state index >= 15 is 0 Å². The van der Waals surface area contributed by atoms with Crippen molar-refractivity contribution in [1.82, 2.24) is 0 Å². The molecular weight excluding hydrogens is 378 g/mol. The Balaban J connectivity index is 1.99. The number of hydrogen-bond donors (Lipinski definition) is 1. The van der Waals surface area contributed by atoms with Gasteiger partial charge in [-0.25, -0.2) is 4.79 Å². The van der Waals surface area contributed by atoms with E-state index in [0.717, 1.165) is 0 Å². The smallest absolute Gasteiger partial charge is 0.338 e. The average molecular weight is 403 g/mol. The topological polar surface area (TPSA) is 92.3 Å². The first-order valence-corrected chi connectivity index (χ1v) is 8.91. The molecule has 0 aliphatic rings. The highest BCUT2D eigenvalue weighted by atomic mass is 16.5. The Morgan fingerprint density at radius 2 is 1.55 bits per heavy atom. The minimum atomic E-state index is -0.655. The van der Waals surface area contributed by atoms with Gasteiger partial charge in [-0.15, -0.1) is 0 Å². The number of benzene rings is 2. The van der Waals surface area contributed by atoms with E-state index in [2.05, 4.69) is 5.32 Å². The van der Waals surface area contributed by atoms with Gasteiger partial charge >= 0.3 is 5.97 Å². The SMILES string of the molecule is COc1cc(NC(=O)COC(=O)c2ccc(OC(C)C)c(OC)c2)cc(OC)c1. The molecule has 0 saturated heterocycles. The number of amides is 1. The van der Waals surface area contributed by atoms with Gasteiger partial charge in [-0.1, -0.05) is 0 Å². The highest BCUT2D eigenvalue weighted by Crippen LogP contribution is 2.29. The summed E-state index contributed by atoms with van der Waals surface area (Å²) in [7, 11) is 4.50. The molecule has 2 aromatic rings. The lowest BCUT2D eigenvalue weighted by Gasteiger charge is -2.14. The number of ether oxygens (including phenoxy) is 5. The van der Waals surface area contributed by atoms with Gasteiger partial charge in [-0.3, -0.25) is 4.79 Å². The molecule has 2 aromatic carbocycles. The molecule has 0 aliphatic carbocycles. The third-order valence-electron chi connectivity index (χ3n) is 3.73. The largest absolute Gasteiger partial charge is 0.497 e. The first kappa shape index (κ1) is 21.9. The molecule has 0 unspecified atom stereocenters. The van der Waals surface area contributed by atoms with Gasteiger partial charge in [-0.05, 0) is 32.0 Å². The molecule has 29 heavy (non-hydrogen) atoms. The Bertz CT molecular complexity index is 842. The van der Waals surface area contributed by atoms with E-state index in [1.165, 1.54) is 27.4 Å². The van der Waals surface area contributed by atoms with Gasteiger partial charge in [0.25, 0.3) is 5.91 Å². The van der Waals surface area contributed by atoms with E-state index in [1.54, 1.807) is 30.3 Å². The molecule has 0 saturated carbocycles. The predicted octanol–water partition coefficient (Wildman–Crippen LogP) is 3.30. The van der Waals surface area contributed by atoms with Gasteiger partial charge < -0.3 is 29.0 Å². The minimum Gasteiger partial charge on any atom is -0.497 e. The number of carbonyl (C=O) groups excluding carboxylic acids is 2. The van der Waals surface area contributed by atoms with Gasteiger partial charge in [0, 0.05) is 23.9 Å². The van der Waals surface area contributed by atoms with Crippen molar-refractivity contribution in [2.24, 2.45) is 0 Å². The van der Waals surface area contributed by atoms with Crippen LogP contribution in [0.15, 0.2) is 36.4 Å². The van der Waals surface area contributed by atoms with E-state index in [0.29, 0.717) is 28.7 Å². The maximum Gasteiger partial charge on any atom is 0.338 e. The van der Waals surface area contributed by atoms with Crippen LogP contribution in [0.3, 0.4) is 0 Å². The predicted molar refractivity (Wildman–Crippen MR) is 107 cm³/mol. The highest BCUT2D eigenvalue weighted by Gasteiger charge is 2.15. The molecule has 0 radical (unpaired) electrons. The molecule has 0 heterocycles. The quantitative estimate of drug-likeness (QED) is 0.642. The highest BCUT2D eigenvalue weighted by molar-refractivity contribution is 5.96. The Morgan fingerprint density at radius 1 is 0.897 bits per heavy atom. The fourth-order valence-electron chi connectivity index (χ4n) is 2.44. The lowest BCUT2D eigenvalue weighted by atomic mass is 10.2. The average Bonchev–Trinajstić information content (AvgIpc) is 2.71. The van der Waals surface area contributed by atoms with Crippen LogP contribution in [0.25, 0.3) is 0 Å². The summed E-state index contributed by atoms with van der Waals surface area (Å²) < 4.78 is 26.3. The van der Waals surface area contributed by atoms with Crippen LogP contribution in [-0.2, 0) is 9.53 Å². The van der Waals surface area contributed by atoms with Crippen LogP contribution in [0.4, 0.5) is 5.69 Å². The van der Waals surface area contributed by atoms with E-state index in [-0.39, 0.29) is 11.7 Å². The Labute approximate surface area is 169 Å². The molecular formula is C21H25NO7. The maximum atomic E-state index is 12.3. The second-order valence-electron chi connectivity index (χ2n) is 6.26. The van der Waals surface area contributed by atoms with Crippen LogP contribution >= 0.6 is 0 Å². The molecule has 0 atom stereocenters. The molecule has 0 fully saturated rings. The van der Waals surface area contributed by atoms with Crippen LogP contribution in [0.1, 0.15) is 24.2 Å². The summed E-state index contributed by atoms with van der Waals surface area (Å²) >= 11 is 0. The summed E-state index contributed by atoms with van der Waals surface area (Å²) in [4.78, 5) is 24.4. The molecule has 8 heteroatoms. The Hall–Kier alpha value is -3.42. The second-order valence-corrected chi connectivity index (χ2v) is 6.26. The van der Waals surface area contributed by atoms with Gasteiger partial charge in [0.15, 0.2) is 18.1 Å². The zero-order chi connectivity index (χ0) is 21.4. The molecule has 156 valence electrons. The molecule has 0 aliphatic heterocycles. The van der Waals surface area contributed by atoms with Crippen molar-refractivity contribution < 1.29 is 33.3 Å². The van der Waals surface area contributed by atoms with Crippen molar-refractivity contribution in [3.8, 4) is 23.0 Å². The van der Waals surface area contributed by atoms with Gasteiger partial charge in [0.2, 0.25) is 0 Å². The summed E-state index contributed by atoms with van der Waals surface area (Å²) in [5.41, 5.74) is 0.702. The minimum absolute atomic E-state index is 0.0411. The summed E-state index contributed by atoms with van der Waals surface area (Å²) in [5, 5.41) is 2.63. The van der Waals surface area contributed by atoms with Crippen molar-refractivity contribution in [3.63, 3.8) is 0 Å². The van der Waals surface area contributed by atoms with Crippen molar-refractivity contribution in [2.45, 2.75) is 20.0 Å². The van der Waals surface area contributed by atoms with Crippen molar-refractivity contribution >= 4 is 17.6 Å². The summed E-state index contributed by atoms with van der Waals surface area (Å²) in [6.45, 7) is 3.32. The number of rotatable bonds is 9. The maximum absolute atomic E-state index is 12.3. The van der Waals surface area contributed by atoms with E-state index in [1.807, 2.05) is 13.8 Å². The lowest BCUT2D eigenvalue weighted by molar-refractivity contribution is -0.119. The van der Waals surface area contributed by atoms with Crippen LogP contribution in [0.5, 0.6) is 23.0 Å². The van der Waals surface area contributed by atoms with E-state index in [4.69, 9.17) is 23.7 Å². The molecule has 1 N–H and O–H groups in total. The molecule has 0 spiro atoms. The summed E-state index contributed by atoms with van der Waals surface area (Å²) in [6, 6.07) is 9.60. The Morgan fingerprint density at radius 3 is 2.10 bits per heavy atom. The molecule has 1 amide bonds. The monoisotopic (exact) mass is 403 g/mol.